The summed E-state index contributed by atoms with van der Waals surface area (Å²) >= 11 is 0. The molecule has 0 atom stereocenters. The van der Waals surface area contributed by atoms with Gasteiger partial charge in [0.1, 0.15) is 0 Å². The number of ether oxygens (including phenoxy) is 1. The second-order valence-electron chi connectivity index (χ2n) is 4.29. The zero-order valence-electron chi connectivity index (χ0n) is 9.28. The van der Waals surface area contributed by atoms with Crippen LogP contribution in [-0.2, 0) is 0 Å². The van der Waals surface area contributed by atoms with Crippen LogP contribution in [0.1, 0.15) is 29.6 Å². The molecule has 2 rings (SSSR count). The average Bonchev–Trinajstić information content (AvgIpc) is 2.18. The molecule has 1 saturated carbocycles. The number of aromatic carboxylic acids is 1. The largest absolute Gasteiger partial charge is 0.488 e. The minimum Gasteiger partial charge on any atom is -0.488 e. The van der Waals surface area contributed by atoms with E-state index in [4.69, 9.17) is 15.6 Å². The molecule has 0 heterocycles. The van der Waals surface area contributed by atoms with Crippen molar-refractivity contribution in [3.63, 3.8) is 0 Å². The van der Waals surface area contributed by atoms with Crippen molar-refractivity contribution in [2.45, 2.75) is 19.3 Å². The molecule has 0 radical (unpaired) electrons. The molecular weight excluding hydrogens is 225 g/mol. The molecule has 0 aromatic heterocycles. The van der Waals surface area contributed by atoms with Crippen LogP contribution in [0, 0.1) is 11.7 Å². The third kappa shape index (κ3) is 2.49. The molecule has 5 heteroatoms. The summed E-state index contributed by atoms with van der Waals surface area (Å²) in [6.07, 6.45) is 3.37. The smallest absolute Gasteiger partial charge is 0.335 e. The summed E-state index contributed by atoms with van der Waals surface area (Å²) in [5.74, 6) is -1.50. The summed E-state index contributed by atoms with van der Waals surface area (Å²) < 4.78 is 18.9. The first-order valence-electron chi connectivity index (χ1n) is 5.53. The number of rotatable bonds is 4. The maximum Gasteiger partial charge on any atom is 0.335 e. The normalized spacial score (nSPS) is 15.4. The molecule has 1 aromatic rings. The maximum absolute atomic E-state index is 13.6. The van der Waals surface area contributed by atoms with Crippen molar-refractivity contribution >= 4 is 11.7 Å². The van der Waals surface area contributed by atoms with Gasteiger partial charge in [-0.15, -0.1) is 0 Å². The van der Waals surface area contributed by atoms with Crippen LogP contribution in [0.25, 0.3) is 0 Å². The monoisotopic (exact) mass is 239 g/mol. The van der Waals surface area contributed by atoms with Gasteiger partial charge < -0.3 is 15.6 Å². The van der Waals surface area contributed by atoms with Gasteiger partial charge in [-0.25, -0.2) is 9.18 Å². The summed E-state index contributed by atoms with van der Waals surface area (Å²) in [5, 5.41) is 8.73. The van der Waals surface area contributed by atoms with Gasteiger partial charge in [0.05, 0.1) is 17.9 Å². The number of hydrogen-bond donors (Lipinski definition) is 2. The van der Waals surface area contributed by atoms with Crippen molar-refractivity contribution in [1.29, 1.82) is 0 Å². The Balaban J connectivity index is 2.12. The van der Waals surface area contributed by atoms with Crippen LogP contribution in [0.4, 0.5) is 10.1 Å². The quantitative estimate of drug-likeness (QED) is 0.790. The number of benzene rings is 1. The molecule has 0 saturated heterocycles. The second kappa shape index (κ2) is 4.61. The Labute approximate surface area is 98.2 Å². The number of hydrogen-bond acceptors (Lipinski definition) is 3. The van der Waals surface area contributed by atoms with Gasteiger partial charge in [-0.1, -0.05) is 6.42 Å². The molecule has 1 aliphatic rings. The third-order valence-electron chi connectivity index (χ3n) is 3.01. The second-order valence-corrected chi connectivity index (χ2v) is 4.29. The Hall–Kier alpha value is -1.78. The number of halogens is 1. The number of nitrogen functional groups attached to an aromatic ring is 1. The molecule has 0 unspecified atom stereocenters. The summed E-state index contributed by atoms with van der Waals surface area (Å²) in [6.45, 7) is 0.438. The van der Waals surface area contributed by atoms with Crippen molar-refractivity contribution < 1.29 is 19.0 Å². The van der Waals surface area contributed by atoms with E-state index in [0.29, 0.717) is 12.5 Å². The Morgan fingerprint density at radius 1 is 1.53 bits per heavy atom. The minimum absolute atomic E-state index is 0.0294. The van der Waals surface area contributed by atoms with Gasteiger partial charge in [-0.2, -0.15) is 0 Å². The Morgan fingerprint density at radius 2 is 2.24 bits per heavy atom. The fourth-order valence-electron chi connectivity index (χ4n) is 1.75. The summed E-state index contributed by atoms with van der Waals surface area (Å²) in [5.41, 5.74) is 5.44. The lowest BCUT2D eigenvalue weighted by atomic mass is 9.86. The van der Waals surface area contributed by atoms with Crippen LogP contribution in [0.3, 0.4) is 0 Å². The minimum atomic E-state index is -1.21. The van der Waals surface area contributed by atoms with Crippen molar-refractivity contribution in [3.8, 4) is 5.75 Å². The van der Waals surface area contributed by atoms with E-state index < -0.39 is 11.8 Å². The Kier molecular flexibility index (Phi) is 3.17. The molecule has 0 amide bonds. The predicted molar refractivity (Wildman–Crippen MR) is 60.6 cm³/mol. The zero-order valence-corrected chi connectivity index (χ0v) is 9.28. The highest BCUT2D eigenvalue weighted by molar-refractivity contribution is 5.89. The van der Waals surface area contributed by atoms with Crippen molar-refractivity contribution in [1.82, 2.24) is 0 Å². The number of carboxylic acid groups (broad SMARTS) is 1. The topological polar surface area (TPSA) is 72.6 Å². The van der Waals surface area contributed by atoms with E-state index in [1.807, 2.05) is 0 Å². The van der Waals surface area contributed by atoms with Crippen LogP contribution < -0.4 is 10.5 Å². The van der Waals surface area contributed by atoms with E-state index in [0.717, 1.165) is 18.9 Å². The van der Waals surface area contributed by atoms with Crippen molar-refractivity contribution in [2.75, 3.05) is 12.3 Å². The predicted octanol–water partition coefficient (Wildman–Crippen LogP) is 2.29. The lowest BCUT2D eigenvalue weighted by Crippen LogP contribution is -2.20. The van der Waals surface area contributed by atoms with Crippen LogP contribution in [0.2, 0.25) is 0 Å². The van der Waals surface area contributed by atoms with Crippen LogP contribution in [-0.4, -0.2) is 17.7 Å². The van der Waals surface area contributed by atoms with Gasteiger partial charge in [0.15, 0.2) is 11.6 Å². The molecule has 92 valence electrons. The first-order valence-corrected chi connectivity index (χ1v) is 5.53. The highest BCUT2D eigenvalue weighted by Gasteiger charge is 2.20. The summed E-state index contributed by atoms with van der Waals surface area (Å²) in [7, 11) is 0. The molecular formula is C12H14FNO3. The van der Waals surface area contributed by atoms with E-state index in [-0.39, 0.29) is 17.0 Å². The third-order valence-corrected chi connectivity index (χ3v) is 3.01. The number of carboxylic acids is 1. The molecule has 0 spiro atoms. The standard InChI is InChI=1S/C12H14FNO3/c13-9-4-8(12(15)16)5-10(14)11(9)17-6-7-2-1-3-7/h4-5,7H,1-3,6,14H2,(H,15,16). The summed E-state index contributed by atoms with van der Waals surface area (Å²) in [6, 6.07) is 2.14. The highest BCUT2D eigenvalue weighted by Crippen LogP contribution is 2.31. The first kappa shape index (κ1) is 11.7. The van der Waals surface area contributed by atoms with E-state index in [2.05, 4.69) is 0 Å². The van der Waals surface area contributed by atoms with E-state index >= 15 is 0 Å². The molecule has 1 aliphatic carbocycles. The lowest BCUT2D eigenvalue weighted by molar-refractivity contribution is 0.0696. The maximum atomic E-state index is 13.6. The van der Waals surface area contributed by atoms with Gasteiger partial charge in [-0.3, -0.25) is 0 Å². The van der Waals surface area contributed by atoms with Crippen LogP contribution in [0.15, 0.2) is 12.1 Å². The van der Waals surface area contributed by atoms with Crippen LogP contribution in [0.5, 0.6) is 5.75 Å². The number of carbonyl (C=O) groups is 1. The van der Waals surface area contributed by atoms with Gasteiger partial charge >= 0.3 is 5.97 Å². The van der Waals surface area contributed by atoms with Crippen LogP contribution >= 0.6 is 0 Å². The van der Waals surface area contributed by atoms with Gasteiger partial charge in [-0.05, 0) is 30.9 Å². The van der Waals surface area contributed by atoms with Gasteiger partial charge in [0, 0.05) is 0 Å². The highest BCUT2D eigenvalue weighted by atomic mass is 19.1. The Morgan fingerprint density at radius 3 is 2.71 bits per heavy atom. The molecule has 17 heavy (non-hydrogen) atoms. The van der Waals surface area contributed by atoms with E-state index in [9.17, 15) is 9.18 Å². The van der Waals surface area contributed by atoms with E-state index in [1.165, 1.54) is 12.5 Å². The lowest BCUT2D eigenvalue weighted by Gasteiger charge is -2.25. The zero-order chi connectivity index (χ0) is 12.4. The van der Waals surface area contributed by atoms with Crippen molar-refractivity contribution in [2.24, 2.45) is 5.92 Å². The van der Waals surface area contributed by atoms with Gasteiger partial charge in [0.2, 0.25) is 0 Å². The fraction of sp³-hybridized carbons (Fsp3) is 0.417. The molecule has 3 N–H and O–H groups in total. The summed E-state index contributed by atoms with van der Waals surface area (Å²) in [4.78, 5) is 10.7. The number of nitrogens with two attached hydrogens (primary N) is 1. The van der Waals surface area contributed by atoms with E-state index in [1.54, 1.807) is 0 Å². The first-order chi connectivity index (χ1) is 8.08. The molecule has 4 nitrogen and oxygen atoms in total. The molecule has 1 fully saturated rings. The molecule has 1 aromatic carbocycles. The fourth-order valence-corrected chi connectivity index (χ4v) is 1.75. The average molecular weight is 239 g/mol. The molecule has 0 aliphatic heterocycles. The SMILES string of the molecule is Nc1cc(C(=O)O)cc(F)c1OCC1CCC1. The van der Waals surface area contributed by atoms with Gasteiger partial charge in [0.25, 0.3) is 0 Å². The molecule has 0 bridgehead atoms. The Bertz CT molecular complexity index is 420. The number of anilines is 1. The van der Waals surface area contributed by atoms with Crippen molar-refractivity contribution in [3.05, 3.63) is 23.5 Å².